The van der Waals surface area contributed by atoms with Gasteiger partial charge in [0.1, 0.15) is 0 Å². The first kappa shape index (κ1) is 6.74. The van der Waals surface area contributed by atoms with E-state index in [-0.39, 0.29) is 18.2 Å². The first-order valence-electron chi connectivity index (χ1n) is 2.83. The van der Waals surface area contributed by atoms with Crippen LogP contribution in [0.5, 0.6) is 0 Å². The zero-order valence-electron chi connectivity index (χ0n) is 5.46. The van der Waals surface area contributed by atoms with Crippen molar-refractivity contribution in [3.8, 4) is 0 Å². The van der Waals surface area contributed by atoms with Crippen molar-refractivity contribution < 1.29 is 9.59 Å². The predicted octanol–water partition coefficient (Wildman–Crippen LogP) is 0.445. The Morgan fingerprint density at radius 1 is 1.50 bits per heavy atom. The summed E-state index contributed by atoms with van der Waals surface area (Å²) in [6, 6.07) is 0. The van der Waals surface area contributed by atoms with Crippen LogP contribution in [-0.4, -0.2) is 16.7 Å². The molecular weight excluding hydrogens is 130 g/mol. The maximum Gasteiger partial charge on any atom is 0.260 e. The average Bonchev–Trinajstić information content (AvgIpc) is 2.09. The lowest BCUT2D eigenvalue weighted by molar-refractivity contribution is -0.134. The Bertz CT molecular complexity index is 230. The molecule has 0 atom stereocenters. The van der Waals surface area contributed by atoms with Gasteiger partial charge in [0.2, 0.25) is 5.91 Å². The van der Waals surface area contributed by atoms with E-state index < -0.39 is 0 Å². The molecule has 0 unspecified atom stereocenters. The maximum atomic E-state index is 10.9. The largest absolute Gasteiger partial charge is 0.274 e. The van der Waals surface area contributed by atoms with Gasteiger partial charge in [0.25, 0.3) is 5.91 Å². The third-order valence-electron chi connectivity index (χ3n) is 1.34. The van der Waals surface area contributed by atoms with Crippen molar-refractivity contribution in [2.75, 3.05) is 0 Å². The van der Waals surface area contributed by atoms with Crippen LogP contribution in [0.1, 0.15) is 6.42 Å². The van der Waals surface area contributed by atoms with Gasteiger partial charge in [-0.1, -0.05) is 13.2 Å². The number of carbonyl (C=O) groups excluding carboxylic acids is 2. The van der Waals surface area contributed by atoms with E-state index in [0.29, 0.717) is 5.57 Å². The Labute approximate surface area is 58.6 Å². The van der Waals surface area contributed by atoms with Crippen molar-refractivity contribution in [2.24, 2.45) is 0 Å². The molecule has 1 fully saturated rings. The molecule has 1 heterocycles. The van der Waals surface area contributed by atoms with Crippen LogP contribution in [0.3, 0.4) is 0 Å². The highest BCUT2D eigenvalue weighted by atomic mass is 16.2. The van der Waals surface area contributed by atoms with Gasteiger partial charge in [-0.15, -0.1) is 0 Å². The molecule has 0 aromatic rings. The van der Waals surface area contributed by atoms with E-state index in [9.17, 15) is 9.59 Å². The van der Waals surface area contributed by atoms with Crippen LogP contribution < -0.4 is 0 Å². The standard InChI is InChI=1S/C7H7NO2/c1-3-8-6(9)4-5(2)7(8)10/h3H,1-2,4H2. The van der Waals surface area contributed by atoms with Gasteiger partial charge in [-0.05, 0) is 0 Å². The van der Waals surface area contributed by atoms with Crippen LogP contribution >= 0.6 is 0 Å². The Kier molecular flexibility index (Phi) is 1.41. The number of likely N-dealkylation sites (tertiary alicyclic amines) is 1. The van der Waals surface area contributed by atoms with Gasteiger partial charge >= 0.3 is 0 Å². The zero-order valence-corrected chi connectivity index (χ0v) is 5.46. The van der Waals surface area contributed by atoms with E-state index >= 15 is 0 Å². The van der Waals surface area contributed by atoms with Crippen molar-refractivity contribution in [1.29, 1.82) is 0 Å². The molecule has 0 aromatic heterocycles. The summed E-state index contributed by atoms with van der Waals surface area (Å²) in [6.07, 6.45) is 1.34. The summed E-state index contributed by atoms with van der Waals surface area (Å²) in [6.45, 7) is 6.75. The molecule has 1 saturated heterocycles. The highest BCUT2D eigenvalue weighted by Gasteiger charge is 2.29. The molecule has 3 nitrogen and oxygen atoms in total. The fourth-order valence-electron chi connectivity index (χ4n) is 0.812. The first-order valence-corrected chi connectivity index (χ1v) is 2.83. The van der Waals surface area contributed by atoms with E-state index in [4.69, 9.17) is 0 Å². The Morgan fingerprint density at radius 3 is 2.30 bits per heavy atom. The van der Waals surface area contributed by atoms with E-state index in [2.05, 4.69) is 13.2 Å². The van der Waals surface area contributed by atoms with Crippen LogP contribution in [0.25, 0.3) is 0 Å². The van der Waals surface area contributed by atoms with Gasteiger partial charge in [-0.25, -0.2) is 0 Å². The molecule has 0 radical (unpaired) electrons. The highest BCUT2D eigenvalue weighted by Crippen LogP contribution is 2.15. The summed E-state index contributed by atoms with van der Waals surface area (Å²) in [7, 11) is 0. The average molecular weight is 137 g/mol. The van der Waals surface area contributed by atoms with E-state index in [0.717, 1.165) is 4.90 Å². The van der Waals surface area contributed by atoms with E-state index in [1.165, 1.54) is 6.20 Å². The van der Waals surface area contributed by atoms with Gasteiger partial charge in [0.05, 0.1) is 6.42 Å². The van der Waals surface area contributed by atoms with E-state index in [1.807, 2.05) is 0 Å². The topological polar surface area (TPSA) is 37.4 Å². The third-order valence-corrected chi connectivity index (χ3v) is 1.34. The Morgan fingerprint density at radius 2 is 2.10 bits per heavy atom. The van der Waals surface area contributed by atoms with Crippen molar-refractivity contribution in [1.82, 2.24) is 4.90 Å². The second-order valence-corrected chi connectivity index (χ2v) is 2.03. The Hall–Kier alpha value is -1.38. The van der Waals surface area contributed by atoms with Crippen molar-refractivity contribution in [3.05, 3.63) is 24.9 Å². The summed E-state index contributed by atoms with van der Waals surface area (Å²) in [4.78, 5) is 22.7. The van der Waals surface area contributed by atoms with Crippen molar-refractivity contribution in [3.63, 3.8) is 0 Å². The minimum atomic E-state index is -0.333. The van der Waals surface area contributed by atoms with Gasteiger partial charge in [0, 0.05) is 11.8 Å². The number of hydrogen-bond donors (Lipinski definition) is 0. The summed E-state index contributed by atoms with van der Waals surface area (Å²) in [5, 5.41) is 0. The lowest BCUT2D eigenvalue weighted by Crippen LogP contribution is -2.22. The lowest BCUT2D eigenvalue weighted by atomic mass is 10.3. The fraction of sp³-hybridized carbons (Fsp3) is 0.143. The smallest absolute Gasteiger partial charge is 0.260 e. The van der Waals surface area contributed by atoms with Gasteiger partial charge in [-0.2, -0.15) is 0 Å². The van der Waals surface area contributed by atoms with Gasteiger partial charge < -0.3 is 0 Å². The molecule has 1 aliphatic heterocycles. The summed E-state index contributed by atoms with van der Waals surface area (Å²) < 4.78 is 0. The molecule has 10 heavy (non-hydrogen) atoms. The summed E-state index contributed by atoms with van der Waals surface area (Å²) >= 11 is 0. The van der Waals surface area contributed by atoms with Crippen LogP contribution in [0.2, 0.25) is 0 Å². The molecular formula is C7H7NO2. The second kappa shape index (κ2) is 2.10. The number of carbonyl (C=O) groups is 2. The summed E-state index contributed by atoms with van der Waals surface area (Å²) in [5.41, 5.74) is 0.338. The molecule has 3 heteroatoms. The minimum absolute atomic E-state index is 0.130. The van der Waals surface area contributed by atoms with Crippen LogP contribution in [0.4, 0.5) is 0 Å². The number of nitrogens with zero attached hydrogens (tertiary/aromatic N) is 1. The second-order valence-electron chi connectivity index (χ2n) is 2.03. The zero-order chi connectivity index (χ0) is 7.72. The fourth-order valence-corrected chi connectivity index (χ4v) is 0.812. The quantitative estimate of drug-likeness (QED) is 0.388. The molecule has 0 saturated carbocycles. The van der Waals surface area contributed by atoms with Crippen LogP contribution in [0.15, 0.2) is 24.9 Å². The molecule has 1 rings (SSSR count). The van der Waals surface area contributed by atoms with Crippen molar-refractivity contribution in [2.45, 2.75) is 6.42 Å². The monoisotopic (exact) mass is 137 g/mol. The molecule has 1 aliphatic rings. The Balaban J connectivity index is 2.94. The number of imide groups is 1. The molecule has 0 aliphatic carbocycles. The minimum Gasteiger partial charge on any atom is -0.274 e. The van der Waals surface area contributed by atoms with Gasteiger partial charge in [-0.3, -0.25) is 14.5 Å². The van der Waals surface area contributed by atoms with Gasteiger partial charge in [0.15, 0.2) is 0 Å². The van der Waals surface area contributed by atoms with Crippen LogP contribution in [0, 0.1) is 0 Å². The molecule has 2 amide bonds. The molecule has 52 valence electrons. The molecule has 0 N–H and O–H groups in total. The normalized spacial score (nSPS) is 18.4. The highest BCUT2D eigenvalue weighted by molar-refractivity contribution is 6.13. The number of amides is 2. The summed E-state index contributed by atoms with van der Waals surface area (Å²) in [5.74, 6) is -0.579. The number of rotatable bonds is 1. The molecule has 0 spiro atoms. The SMILES string of the molecule is C=CN1C(=O)CC(=C)C1=O. The van der Waals surface area contributed by atoms with Crippen molar-refractivity contribution >= 4 is 11.8 Å². The number of hydrogen-bond acceptors (Lipinski definition) is 2. The first-order chi connectivity index (χ1) is 4.66. The predicted molar refractivity (Wildman–Crippen MR) is 35.8 cm³/mol. The molecule has 0 aromatic carbocycles. The lowest BCUT2D eigenvalue weighted by Gasteiger charge is -2.03. The maximum absolute atomic E-state index is 10.9. The third kappa shape index (κ3) is 0.757. The van der Waals surface area contributed by atoms with E-state index in [1.54, 1.807) is 0 Å². The van der Waals surface area contributed by atoms with Crippen LogP contribution in [-0.2, 0) is 9.59 Å². The molecule has 0 bridgehead atoms.